The monoisotopic (exact) mass is 291 g/mol. The second kappa shape index (κ2) is 6.22. The van der Waals surface area contributed by atoms with E-state index in [9.17, 15) is 14.9 Å². The van der Waals surface area contributed by atoms with Crippen LogP contribution in [0.25, 0.3) is 0 Å². The SMILES string of the molecule is Cc1c(CNC(=O)C2(C)CCCNC2)cccc1[N+](=O)[O-]. The molecular formula is C15H21N3O3. The molecule has 1 aromatic carbocycles. The van der Waals surface area contributed by atoms with Crippen molar-refractivity contribution >= 4 is 11.6 Å². The van der Waals surface area contributed by atoms with Gasteiger partial charge in [0.2, 0.25) is 5.91 Å². The Morgan fingerprint density at radius 1 is 1.52 bits per heavy atom. The molecule has 1 unspecified atom stereocenters. The van der Waals surface area contributed by atoms with E-state index in [2.05, 4.69) is 10.6 Å². The molecule has 0 bridgehead atoms. The number of nitro benzene ring substituents is 1. The van der Waals surface area contributed by atoms with Crippen LogP contribution in [0.1, 0.15) is 30.9 Å². The van der Waals surface area contributed by atoms with Gasteiger partial charge in [-0.3, -0.25) is 14.9 Å². The van der Waals surface area contributed by atoms with Crippen LogP contribution in [0.3, 0.4) is 0 Å². The summed E-state index contributed by atoms with van der Waals surface area (Å²) in [4.78, 5) is 22.9. The Labute approximate surface area is 124 Å². The molecule has 1 amide bonds. The van der Waals surface area contributed by atoms with Gasteiger partial charge in [0.05, 0.1) is 10.3 Å². The summed E-state index contributed by atoms with van der Waals surface area (Å²) in [7, 11) is 0. The summed E-state index contributed by atoms with van der Waals surface area (Å²) in [5, 5.41) is 17.1. The molecule has 1 aliphatic rings. The van der Waals surface area contributed by atoms with Crippen molar-refractivity contribution in [2.75, 3.05) is 13.1 Å². The maximum Gasteiger partial charge on any atom is 0.272 e. The second-order valence-electron chi connectivity index (χ2n) is 5.84. The molecule has 114 valence electrons. The van der Waals surface area contributed by atoms with E-state index in [1.54, 1.807) is 13.0 Å². The number of nitrogens with one attached hydrogen (secondary N) is 2. The second-order valence-corrected chi connectivity index (χ2v) is 5.84. The Morgan fingerprint density at radius 3 is 2.90 bits per heavy atom. The van der Waals surface area contributed by atoms with Gasteiger partial charge in [0.15, 0.2) is 0 Å². The van der Waals surface area contributed by atoms with Crippen molar-refractivity contribution in [2.24, 2.45) is 5.41 Å². The first-order valence-electron chi connectivity index (χ1n) is 7.16. The number of carbonyl (C=O) groups excluding carboxylic acids is 1. The Morgan fingerprint density at radius 2 is 2.29 bits per heavy atom. The van der Waals surface area contributed by atoms with E-state index in [1.807, 2.05) is 13.0 Å². The zero-order valence-electron chi connectivity index (χ0n) is 12.4. The average molecular weight is 291 g/mol. The Hall–Kier alpha value is -1.95. The summed E-state index contributed by atoms with van der Waals surface area (Å²) in [5.41, 5.74) is 1.08. The van der Waals surface area contributed by atoms with E-state index in [0.29, 0.717) is 18.7 Å². The van der Waals surface area contributed by atoms with Gasteiger partial charge < -0.3 is 10.6 Å². The highest BCUT2D eigenvalue weighted by molar-refractivity contribution is 5.82. The standard InChI is InChI=1S/C15H21N3O3/c1-11-12(5-3-6-13(11)18(20)21)9-17-14(19)15(2)7-4-8-16-10-15/h3,5-6,16H,4,7-10H2,1-2H3,(H,17,19). The van der Waals surface area contributed by atoms with E-state index in [4.69, 9.17) is 0 Å². The number of nitrogens with zero attached hydrogens (tertiary/aromatic N) is 1. The third kappa shape index (κ3) is 3.39. The molecule has 6 nitrogen and oxygen atoms in total. The molecule has 1 atom stereocenters. The van der Waals surface area contributed by atoms with Gasteiger partial charge in [-0.05, 0) is 38.8 Å². The number of amides is 1. The lowest BCUT2D eigenvalue weighted by molar-refractivity contribution is -0.385. The van der Waals surface area contributed by atoms with Crippen molar-refractivity contribution in [3.8, 4) is 0 Å². The van der Waals surface area contributed by atoms with E-state index < -0.39 is 10.3 Å². The molecule has 2 rings (SSSR count). The molecule has 6 heteroatoms. The van der Waals surface area contributed by atoms with Gasteiger partial charge >= 0.3 is 0 Å². The molecule has 21 heavy (non-hydrogen) atoms. The molecule has 1 saturated heterocycles. The molecule has 1 fully saturated rings. The minimum absolute atomic E-state index is 0.000561. The van der Waals surface area contributed by atoms with Crippen molar-refractivity contribution < 1.29 is 9.72 Å². The summed E-state index contributed by atoms with van der Waals surface area (Å²) in [6.45, 7) is 5.61. The number of piperidine rings is 1. The number of hydrogen-bond donors (Lipinski definition) is 2. The first-order chi connectivity index (χ1) is 9.94. The van der Waals surface area contributed by atoms with Crippen LogP contribution in [0.2, 0.25) is 0 Å². The van der Waals surface area contributed by atoms with Crippen LogP contribution >= 0.6 is 0 Å². The lowest BCUT2D eigenvalue weighted by atomic mass is 9.82. The molecule has 1 aromatic rings. The Bertz CT molecular complexity index is 551. The van der Waals surface area contributed by atoms with Crippen molar-refractivity contribution in [3.05, 3.63) is 39.4 Å². The Kier molecular flexibility index (Phi) is 4.57. The van der Waals surface area contributed by atoms with Crippen LogP contribution in [0.15, 0.2) is 18.2 Å². The van der Waals surface area contributed by atoms with Gasteiger partial charge in [-0.2, -0.15) is 0 Å². The zero-order chi connectivity index (χ0) is 15.5. The molecule has 0 spiro atoms. The number of hydrogen-bond acceptors (Lipinski definition) is 4. The lowest BCUT2D eigenvalue weighted by Crippen LogP contribution is -2.48. The predicted molar refractivity (Wildman–Crippen MR) is 79.9 cm³/mol. The van der Waals surface area contributed by atoms with Gasteiger partial charge in [0, 0.05) is 24.7 Å². The lowest BCUT2D eigenvalue weighted by Gasteiger charge is -2.32. The van der Waals surface area contributed by atoms with Crippen LogP contribution < -0.4 is 10.6 Å². The van der Waals surface area contributed by atoms with Crippen LogP contribution in [-0.2, 0) is 11.3 Å². The summed E-state index contributed by atoms with van der Waals surface area (Å²) >= 11 is 0. The fourth-order valence-electron chi connectivity index (χ4n) is 2.70. The molecule has 2 N–H and O–H groups in total. The molecule has 0 saturated carbocycles. The molecule has 0 aromatic heterocycles. The number of nitro groups is 1. The van der Waals surface area contributed by atoms with Crippen molar-refractivity contribution in [3.63, 3.8) is 0 Å². The molecule has 0 radical (unpaired) electrons. The van der Waals surface area contributed by atoms with Crippen LogP contribution in [-0.4, -0.2) is 23.9 Å². The minimum Gasteiger partial charge on any atom is -0.351 e. The molecular weight excluding hydrogens is 270 g/mol. The Balaban J connectivity index is 2.04. The average Bonchev–Trinajstić information content (AvgIpc) is 2.46. The summed E-state index contributed by atoms with van der Waals surface area (Å²) in [6.07, 6.45) is 1.85. The molecule has 0 aliphatic carbocycles. The highest BCUT2D eigenvalue weighted by Gasteiger charge is 2.34. The fraction of sp³-hybridized carbons (Fsp3) is 0.533. The maximum atomic E-state index is 12.3. The number of carbonyl (C=O) groups is 1. The normalized spacial score (nSPS) is 21.8. The summed E-state index contributed by atoms with van der Waals surface area (Å²) in [5.74, 6) is 0.000561. The minimum atomic E-state index is -0.396. The summed E-state index contributed by atoms with van der Waals surface area (Å²) < 4.78 is 0. The predicted octanol–water partition coefficient (Wildman–Crippen LogP) is 1.91. The van der Waals surface area contributed by atoms with E-state index >= 15 is 0 Å². The third-order valence-electron chi connectivity index (χ3n) is 4.20. The molecule has 1 heterocycles. The number of rotatable bonds is 4. The largest absolute Gasteiger partial charge is 0.351 e. The van der Waals surface area contributed by atoms with Crippen molar-refractivity contribution in [2.45, 2.75) is 33.2 Å². The van der Waals surface area contributed by atoms with Crippen molar-refractivity contribution in [1.82, 2.24) is 10.6 Å². The van der Waals surface area contributed by atoms with Gasteiger partial charge in [-0.25, -0.2) is 0 Å². The third-order valence-corrected chi connectivity index (χ3v) is 4.20. The van der Waals surface area contributed by atoms with Gasteiger partial charge in [-0.15, -0.1) is 0 Å². The molecule has 1 aliphatic heterocycles. The topological polar surface area (TPSA) is 84.3 Å². The summed E-state index contributed by atoms with van der Waals surface area (Å²) in [6, 6.07) is 4.94. The maximum absolute atomic E-state index is 12.3. The van der Waals surface area contributed by atoms with Gasteiger partial charge in [0.25, 0.3) is 5.69 Å². The van der Waals surface area contributed by atoms with Crippen LogP contribution in [0.5, 0.6) is 0 Å². The smallest absolute Gasteiger partial charge is 0.272 e. The van der Waals surface area contributed by atoms with Gasteiger partial charge in [0.1, 0.15) is 0 Å². The number of benzene rings is 1. The quantitative estimate of drug-likeness (QED) is 0.655. The highest BCUT2D eigenvalue weighted by Crippen LogP contribution is 2.26. The van der Waals surface area contributed by atoms with E-state index in [1.165, 1.54) is 6.07 Å². The van der Waals surface area contributed by atoms with Crippen molar-refractivity contribution in [1.29, 1.82) is 0 Å². The van der Waals surface area contributed by atoms with Crippen LogP contribution in [0.4, 0.5) is 5.69 Å². The van der Waals surface area contributed by atoms with E-state index in [0.717, 1.165) is 24.9 Å². The van der Waals surface area contributed by atoms with E-state index in [-0.39, 0.29) is 11.6 Å². The van der Waals surface area contributed by atoms with Crippen LogP contribution in [0, 0.1) is 22.5 Å². The van der Waals surface area contributed by atoms with Gasteiger partial charge in [-0.1, -0.05) is 12.1 Å². The highest BCUT2D eigenvalue weighted by atomic mass is 16.6. The fourth-order valence-corrected chi connectivity index (χ4v) is 2.70. The first kappa shape index (κ1) is 15.4. The first-order valence-corrected chi connectivity index (χ1v) is 7.16. The zero-order valence-corrected chi connectivity index (χ0v) is 12.4.